The lowest BCUT2D eigenvalue weighted by atomic mass is 9.96. The zero-order valence-corrected chi connectivity index (χ0v) is 15.6. The van der Waals surface area contributed by atoms with Crippen molar-refractivity contribution in [1.29, 1.82) is 0 Å². The van der Waals surface area contributed by atoms with Gasteiger partial charge in [-0.1, -0.05) is 46.8 Å². The maximum absolute atomic E-state index is 13.3. The third-order valence-electron chi connectivity index (χ3n) is 4.41. The summed E-state index contributed by atoms with van der Waals surface area (Å²) >= 11 is 0. The molecule has 5 heteroatoms. The maximum Gasteiger partial charge on any atom is 0.416 e. The number of likely N-dealkylation sites (N-methyl/N-ethyl adjacent to an activating group) is 1. The molecule has 1 saturated heterocycles. The Kier molecular flexibility index (Phi) is 8.23. The molecular weight excluding hydrogens is 313 g/mol. The Balaban J connectivity index is 0.00000139. The molecule has 1 heterocycles. The molecule has 0 aromatic heterocycles. The van der Waals surface area contributed by atoms with E-state index in [1.807, 2.05) is 33.8 Å². The monoisotopic (exact) mass is 344 g/mol. The largest absolute Gasteiger partial charge is 0.416 e. The number of halogens is 3. The zero-order valence-electron chi connectivity index (χ0n) is 15.6. The predicted octanol–water partition coefficient (Wildman–Crippen LogP) is 4.99. The molecule has 1 fully saturated rings. The fourth-order valence-corrected chi connectivity index (χ4v) is 2.86. The van der Waals surface area contributed by atoms with Crippen LogP contribution in [0.1, 0.15) is 57.2 Å². The molecular formula is C19H31F3N2. The molecule has 0 aliphatic carbocycles. The first-order valence-corrected chi connectivity index (χ1v) is 8.96. The van der Waals surface area contributed by atoms with Crippen LogP contribution < -0.4 is 0 Å². The number of hydrogen-bond donors (Lipinski definition) is 0. The Bertz CT molecular complexity index is 490. The molecule has 0 N–H and O–H groups in total. The van der Waals surface area contributed by atoms with E-state index in [1.54, 1.807) is 6.07 Å². The van der Waals surface area contributed by atoms with Crippen LogP contribution in [-0.2, 0) is 12.7 Å². The van der Waals surface area contributed by atoms with Gasteiger partial charge in [-0.25, -0.2) is 0 Å². The first kappa shape index (κ1) is 21.0. The molecule has 0 saturated carbocycles. The first-order chi connectivity index (χ1) is 11.3. The highest BCUT2D eigenvalue weighted by molar-refractivity contribution is 5.35. The lowest BCUT2D eigenvalue weighted by Gasteiger charge is -2.34. The van der Waals surface area contributed by atoms with E-state index in [1.165, 1.54) is 6.07 Å². The lowest BCUT2D eigenvalue weighted by molar-refractivity contribution is -0.138. The van der Waals surface area contributed by atoms with E-state index >= 15 is 0 Å². The van der Waals surface area contributed by atoms with Gasteiger partial charge >= 0.3 is 6.18 Å². The van der Waals surface area contributed by atoms with Crippen molar-refractivity contribution in [2.75, 3.05) is 32.7 Å². The van der Waals surface area contributed by atoms with Gasteiger partial charge in [0.05, 0.1) is 5.56 Å². The van der Waals surface area contributed by atoms with Gasteiger partial charge in [-0.3, -0.25) is 4.90 Å². The average molecular weight is 344 g/mol. The summed E-state index contributed by atoms with van der Waals surface area (Å²) in [6.45, 7) is 14.9. The fourth-order valence-electron chi connectivity index (χ4n) is 2.86. The number of alkyl halides is 3. The van der Waals surface area contributed by atoms with Gasteiger partial charge < -0.3 is 4.90 Å². The van der Waals surface area contributed by atoms with Gasteiger partial charge in [-0.05, 0) is 29.7 Å². The molecule has 0 radical (unpaired) electrons. The quantitative estimate of drug-likeness (QED) is 0.759. The minimum absolute atomic E-state index is 0.100. The average Bonchev–Trinajstić information content (AvgIpc) is 2.56. The first-order valence-electron chi connectivity index (χ1n) is 8.96. The normalized spacial score (nSPS) is 16.9. The Labute approximate surface area is 144 Å². The molecule has 0 amide bonds. The number of hydrogen-bond acceptors (Lipinski definition) is 2. The molecule has 0 unspecified atom stereocenters. The van der Waals surface area contributed by atoms with Gasteiger partial charge in [-0.15, -0.1) is 0 Å². The standard InChI is InChI=1S/C17H25F3N2.C2H6/c1-4-21-7-9-22(10-8-21)12-15-6-5-14(13(2)3)11-16(15)17(18,19)20;1-2/h5-6,11,13H,4,7-10,12H2,1-3H3;1-2H3. The van der Waals surface area contributed by atoms with Crippen LogP contribution >= 0.6 is 0 Å². The summed E-state index contributed by atoms with van der Waals surface area (Å²) in [7, 11) is 0. The predicted molar refractivity (Wildman–Crippen MR) is 94.3 cm³/mol. The van der Waals surface area contributed by atoms with Gasteiger partial charge in [0.1, 0.15) is 0 Å². The molecule has 1 aliphatic heterocycles. The van der Waals surface area contributed by atoms with Crippen LogP contribution in [0.25, 0.3) is 0 Å². The fraction of sp³-hybridized carbons (Fsp3) is 0.684. The van der Waals surface area contributed by atoms with Crippen molar-refractivity contribution < 1.29 is 13.2 Å². The van der Waals surface area contributed by atoms with Crippen molar-refractivity contribution in [2.45, 2.75) is 53.3 Å². The second kappa shape index (κ2) is 9.42. The van der Waals surface area contributed by atoms with Gasteiger partial charge in [-0.2, -0.15) is 13.2 Å². The van der Waals surface area contributed by atoms with Gasteiger partial charge in [0.15, 0.2) is 0 Å². The number of rotatable bonds is 4. The minimum Gasteiger partial charge on any atom is -0.301 e. The van der Waals surface area contributed by atoms with Crippen molar-refractivity contribution in [3.63, 3.8) is 0 Å². The summed E-state index contributed by atoms with van der Waals surface area (Å²) in [5.41, 5.74) is 0.658. The molecule has 0 bridgehead atoms. The summed E-state index contributed by atoms with van der Waals surface area (Å²) in [5, 5.41) is 0. The third kappa shape index (κ3) is 5.78. The number of piperazine rings is 1. The van der Waals surface area contributed by atoms with E-state index in [0.717, 1.165) is 38.3 Å². The highest BCUT2D eigenvalue weighted by atomic mass is 19.4. The Hall–Kier alpha value is -1.07. The highest BCUT2D eigenvalue weighted by Crippen LogP contribution is 2.34. The van der Waals surface area contributed by atoms with Crippen molar-refractivity contribution in [3.8, 4) is 0 Å². The molecule has 1 aromatic carbocycles. The van der Waals surface area contributed by atoms with Crippen LogP contribution in [0.3, 0.4) is 0 Å². The van der Waals surface area contributed by atoms with Crippen LogP contribution in [0.5, 0.6) is 0 Å². The van der Waals surface area contributed by atoms with E-state index in [-0.39, 0.29) is 5.92 Å². The SMILES string of the molecule is CC.CCN1CCN(Cc2ccc(C(C)C)cc2C(F)(F)F)CC1. The Morgan fingerprint density at radius 2 is 1.54 bits per heavy atom. The molecule has 0 atom stereocenters. The molecule has 1 aliphatic rings. The number of nitrogens with zero attached hydrogens (tertiary/aromatic N) is 2. The van der Waals surface area contributed by atoms with Crippen molar-refractivity contribution >= 4 is 0 Å². The molecule has 0 spiro atoms. The van der Waals surface area contributed by atoms with E-state index < -0.39 is 11.7 Å². The second-order valence-electron chi connectivity index (χ2n) is 6.28. The maximum atomic E-state index is 13.3. The summed E-state index contributed by atoms with van der Waals surface area (Å²) in [5.74, 6) is 0.100. The second-order valence-corrected chi connectivity index (χ2v) is 6.28. The van der Waals surface area contributed by atoms with Crippen LogP contribution in [-0.4, -0.2) is 42.5 Å². The molecule has 2 rings (SSSR count). The summed E-state index contributed by atoms with van der Waals surface area (Å²) in [6.07, 6.45) is -4.29. The van der Waals surface area contributed by atoms with Crippen LogP contribution in [0.4, 0.5) is 13.2 Å². The van der Waals surface area contributed by atoms with Gasteiger partial charge in [0, 0.05) is 32.7 Å². The van der Waals surface area contributed by atoms with Crippen LogP contribution in [0.15, 0.2) is 18.2 Å². The summed E-state index contributed by atoms with van der Waals surface area (Å²) < 4.78 is 40.0. The van der Waals surface area contributed by atoms with Crippen molar-refractivity contribution in [1.82, 2.24) is 9.80 Å². The summed E-state index contributed by atoms with van der Waals surface area (Å²) in [4.78, 5) is 4.44. The molecule has 1 aromatic rings. The van der Waals surface area contributed by atoms with Crippen molar-refractivity contribution in [3.05, 3.63) is 34.9 Å². The Morgan fingerprint density at radius 3 is 2.00 bits per heavy atom. The smallest absolute Gasteiger partial charge is 0.301 e. The highest BCUT2D eigenvalue weighted by Gasteiger charge is 2.34. The third-order valence-corrected chi connectivity index (χ3v) is 4.41. The van der Waals surface area contributed by atoms with Gasteiger partial charge in [0.25, 0.3) is 0 Å². The number of benzene rings is 1. The Morgan fingerprint density at radius 1 is 1.00 bits per heavy atom. The zero-order chi connectivity index (χ0) is 18.3. The molecule has 138 valence electrons. The van der Waals surface area contributed by atoms with Gasteiger partial charge in [0.2, 0.25) is 0 Å². The van der Waals surface area contributed by atoms with E-state index in [2.05, 4.69) is 16.7 Å². The van der Waals surface area contributed by atoms with Crippen molar-refractivity contribution in [2.24, 2.45) is 0 Å². The molecule has 24 heavy (non-hydrogen) atoms. The van der Waals surface area contributed by atoms with E-state index in [0.29, 0.717) is 12.1 Å². The topological polar surface area (TPSA) is 6.48 Å². The molecule has 2 nitrogen and oxygen atoms in total. The lowest BCUT2D eigenvalue weighted by Crippen LogP contribution is -2.45. The van der Waals surface area contributed by atoms with Crippen LogP contribution in [0.2, 0.25) is 0 Å². The van der Waals surface area contributed by atoms with Crippen LogP contribution in [0, 0.1) is 0 Å². The van der Waals surface area contributed by atoms with E-state index in [4.69, 9.17) is 0 Å². The summed E-state index contributed by atoms with van der Waals surface area (Å²) in [6, 6.07) is 4.81. The minimum atomic E-state index is -4.29. The van der Waals surface area contributed by atoms with E-state index in [9.17, 15) is 13.2 Å².